The maximum absolute atomic E-state index is 2.95. The predicted octanol–water partition coefficient (Wildman–Crippen LogP) is 10.9. The molecule has 0 atom stereocenters. The highest BCUT2D eigenvalue weighted by atomic mass is 28.3. The number of hydrogen-bond acceptors (Lipinski definition) is 0. The monoisotopic (exact) mass is 742 g/mol. The second-order valence-electron chi connectivity index (χ2n) is 14.8. The second-order valence-corrected chi connectivity index (χ2v) is 18.6. The lowest BCUT2D eigenvalue weighted by atomic mass is 10.0. The molecule has 2 aromatic heterocycles. The molecule has 11 aromatic rings. The van der Waals surface area contributed by atoms with E-state index in [0.717, 1.165) is 11.4 Å². The fourth-order valence-electron chi connectivity index (χ4n) is 9.57. The molecule has 0 bridgehead atoms. The first-order valence-electron chi connectivity index (χ1n) is 19.7. The molecule has 2 nitrogen and oxygen atoms in total. The summed E-state index contributed by atoms with van der Waals surface area (Å²) < 4.78 is 5.11. The zero-order valence-corrected chi connectivity index (χ0v) is 32.3. The Kier molecular flexibility index (Phi) is 7.87. The van der Waals surface area contributed by atoms with Crippen molar-refractivity contribution in [3.05, 3.63) is 231 Å². The molecule has 57 heavy (non-hydrogen) atoms. The van der Waals surface area contributed by atoms with Crippen molar-refractivity contribution in [1.29, 1.82) is 0 Å². The van der Waals surface area contributed by atoms with Crippen molar-refractivity contribution < 1.29 is 0 Å². The predicted molar refractivity (Wildman–Crippen MR) is 244 cm³/mol. The van der Waals surface area contributed by atoms with Crippen molar-refractivity contribution in [3.63, 3.8) is 0 Å². The number of nitrogens with zero attached hydrogens (tertiary/aromatic N) is 2. The van der Waals surface area contributed by atoms with E-state index in [1.807, 2.05) is 0 Å². The third-order valence-electron chi connectivity index (χ3n) is 11.8. The third-order valence-corrected chi connectivity index (χ3v) is 16.7. The quantitative estimate of drug-likeness (QED) is 0.114. The van der Waals surface area contributed by atoms with Crippen molar-refractivity contribution in [3.8, 4) is 22.5 Å². The molecule has 0 spiro atoms. The molecule has 9 aromatic carbocycles. The van der Waals surface area contributed by atoms with Crippen LogP contribution in [0, 0.1) is 0 Å². The topological polar surface area (TPSA) is 9.86 Å². The molecule has 0 aliphatic carbocycles. The molecule has 0 aliphatic rings. The Bertz CT molecular complexity index is 3110. The number of benzene rings is 9. The zero-order valence-electron chi connectivity index (χ0n) is 31.3. The minimum absolute atomic E-state index is 1.14. The summed E-state index contributed by atoms with van der Waals surface area (Å²) in [6, 6.07) is 85.3. The van der Waals surface area contributed by atoms with E-state index >= 15 is 0 Å². The standard InChI is InChI=1S/C54H38N2Si/c1-6-21-39(22-7-1)44-32-18-33-47-48-34-19-37-50(53(48)55(52(44)47)40-23-8-2-9-24-40)56-49-36-17-16-31-45(49)46-35-20-38-51(54(46)56)57(41-25-10-3-11-26-41,42-27-12-4-13-28-42)43-29-14-5-15-30-43/h1-38H. The number of aromatic nitrogens is 2. The average Bonchev–Trinajstić information content (AvgIpc) is 3.82. The first-order valence-corrected chi connectivity index (χ1v) is 21.7. The molecule has 0 aliphatic heterocycles. The Labute approximate surface area is 333 Å². The molecular formula is C54H38N2Si. The van der Waals surface area contributed by atoms with Crippen LogP contribution >= 0.6 is 0 Å². The van der Waals surface area contributed by atoms with Crippen LogP contribution in [-0.4, -0.2) is 17.2 Å². The third kappa shape index (κ3) is 5.03. The molecule has 0 saturated heterocycles. The van der Waals surface area contributed by atoms with Crippen LogP contribution in [0.3, 0.4) is 0 Å². The molecule has 268 valence electrons. The Balaban J connectivity index is 1.36. The highest BCUT2D eigenvalue weighted by molar-refractivity contribution is 7.20. The van der Waals surface area contributed by atoms with Crippen LogP contribution in [0.5, 0.6) is 0 Å². The van der Waals surface area contributed by atoms with Gasteiger partial charge in [-0.3, -0.25) is 0 Å². The maximum Gasteiger partial charge on any atom is 0.181 e. The van der Waals surface area contributed by atoms with Crippen molar-refractivity contribution in [2.75, 3.05) is 0 Å². The summed E-state index contributed by atoms with van der Waals surface area (Å²) in [6.07, 6.45) is 0. The Morgan fingerprint density at radius 1 is 0.298 bits per heavy atom. The second kappa shape index (κ2) is 13.5. The summed E-state index contributed by atoms with van der Waals surface area (Å²) in [7, 11) is -2.95. The lowest BCUT2D eigenvalue weighted by Gasteiger charge is -2.35. The fourth-order valence-corrected chi connectivity index (χ4v) is 14.5. The number of hydrogen-bond donors (Lipinski definition) is 0. The molecule has 3 heteroatoms. The Morgan fingerprint density at radius 3 is 1.37 bits per heavy atom. The van der Waals surface area contributed by atoms with Crippen molar-refractivity contribution in [1.82, 2.24) is 9.13 Å². The number of rotatable bonds is 7. The van der Waals surface area contributed by atoms with Gasteiger partial charge in [0.15, 0.2) is 8.07 Å². The summed E-state index contributed by atoms with van der Waals surface area (Å²) in [5.41, 5.74) is 9.54. The van der Waals surface area contributed by atoms with Gasteiger partial charge in [-0.15, -0.1) is 0 Å². The highest BCUT2D eigenvalue weighted by Gasteiger charge is 2.43. The maximum atomic E-state index is 2.60. The van der Waals surface area contributed by atoms with Gasteiger partial charge < -0.3 is 9.13 Å². The number of para-hydroxylation sites is 5. The minimum atomic E-state index is -2.95. The van der Waals surface area contributed by atoms with E-state index < -0.39 is 8.07 Å². The largest absolute Gasteiger partial charge is 0.307 e. The summed E-state index contributed by atoms with van der Waals surface area (Å²) in [5.74, 6) is 0. The first-order chi connectivity index (χ1) is 28.3. The zero-order chi connectivity index (χ0) is 37.8. The van der Waals surface area contributed by atoms with E-state index in [0.29, 0.717) is 0 Å². The van der Waals surface area contributed by atoms with Crippen LogP contribution in [0.4, 0.5) is 0 Å². The Hall–Kier alpha value is -7.20. The van der Waals surface area contributed by atoms with Crippen LogP contribution in [-0.2, 0) is 0 Å². The molecule has 2 heterocycles. The minimum Gasteiger partial charge on any atom is -0.307 e. The van der Waals surface area contributed by atoms with Crippen LogP contribution in [0.15, 0.2) is 231 Å². The van der Waals surface area contributed by atoms with Gasteiger partial charge in [-0.1, -0.05) is 206 Å². The van der Waals surface area contributed by atoms with Gasteiger partial charge in [0, 0.05) is 32.8 Å². The summed E-state index contributed by atoms with van der Waals surface area (Å²) in [4.78, 5) is 0. The summed E-state index contributed by atoms with van der Waals surface area (Å²) >= 11 is 0. The number of fused-ring (bicyclic) bond motifs is 6. The molecule has 0 radical (unpaired) electrons. The van der Waals surface area contributed by atoms with Crippen LogP contribution in [0.2, 0.25) is 0 Å². The van der Waals surface area contributed by atoms with Gasteiger partial charge in [0.2, 0.25) is 0 Å². The molecule has 11 rings (SSSR count). The molecule has 0 saturated carbocycles. The van der Waals surface area contributed by atoms with E-state index in [4.69, 9.17) is 0 Å². The summed E-state index contributed by atoms with van der Waals surface area (Å²) in [5, 5.41) is 10.4. The van der Waals surface area contributed by atoms with E-state index in [1.165, 1.54) is 75.5 Å². The Morgan fingerprint density at radius 2 is 0.754 bits per heavy atom. The molecule has 0 fully saturated rings. The molecule has 0 unspecified atom stereocenters. The first kappa shape index (κ1) is 33.2. The van der Waals surface area contributed by atoms with Gasteiger partial charge in [0.25, 0.3) is 0 Å². The van der Waals surface area contributed by atoms with Gasteiger partial charge in [-0.05, 0) is 50.6 Å². The smallest absolute Gasteiger partial charge is 0.181 e. The SMILES string of the molecule is c1ccc(-c2cccc3c4cccc(-n5c6ccccc6c6cccc([Si](c7ccccc7)(c7ccccc7)c7ccccc7)c65)c4n(-c4ccccc4)c23)cc1. The van der Waals surface area contributed by atoms with E-state index in [-0.39, 0.29) is 0 Å². The van der Waals surface area contributed by atoms with Crippen molar-refractivity contribution in [2.45, 2.75) is 0 Å². The lowest BCUT2D eigenvalue weighted by Crippen LogP contribution is -2.75. The van der Waals surface area contributed by atoms with Crippen LogP contribution in [0.25, 0.3) is 66.1 Å². The van der Waals surface area contributed by atoms with E-state index in [1.54, 1.807) is 0 Å². The highest BCUT2D eigenvalue weighted by Crippen LogP contribution is 2.42. The molecule has 0 N–H and O–H groups in total. The average molecular weight is 743 g/mol. The van der Waals surface area contributed by atoms with E-state index in [9.17, 15) is 0 Å². The van der Waals surface area contributed by atoms with Gasteiger partial charge in [-0.2, -0.15) is 0 Å². The summed E-state index contributed by atoms with van der Waals surface area (Å²) in [6.45, 7) is 0. The van der Waals surface area contributed by atoms with Crippen molar-refractivity contribution in [2.24, 2.45) is 0 Å². The van der Waals surface area contributed by atoms with Gasteiger partial charge in [-0.25, -0.2) is 0 Å². The molecular weight excluding hydrogens is 705 g/mol. The fraction of sp³-hybridized carbons (Fsp3) is 0. The van der Waals surface area contributed by atoms with Gasteiger partial charge in [0.1, 0.15) is 0 Å². The van der Waals surface area contributed by atoms with Crippen LogP contribution < -0.4 is 20.7 Å². The normalized spacial score (nSPS) is 11.9. The molecule has 0 amide bonds. The van der Waals surface area contributed by atoms with Gasteiger partial charge in [0.05, 0.1) is 27.8 Å². The lowest BCUT2D eigenvalue weighted by molar-refractivity contribution is 1.13. The van der Waals surface area contributed by atoms with Crippen LogP contribution in [0.1, 0.15) is 0 Å². The van der Waals surface area contributed by atoms with Gasteiger partial charge >= 0.3 is 0 Å². The van der Waals surface area contributed by atoms with Crippen molar-refractivity contribution >= 4 is 72.4 Å². The van der Waals surface area contributed by atoms with E-state index in [2.05, 4.69) is 240 Å².